The van der Waals surface area contributed by atoms with Gasteiger partial charge in [-0.1, -0.05) is 23.7 Å². The van der Waals surface area contributed by atoms with E-state index in [1.807, 2.05) is 12.1 Å². The number of sulfonamides is 1. The second kappa shape index (κ2) is 12.3. The van der Waals surface area contributed by atoms with E-state index < -0.39 is 15.9 Å². The monoisotopic (exact) mass is 620 g/mol. The molecule has 2 aliphatic rings. The minimum atomic E-state index is -3.72. The molecule has 2 aromatic carbocycles. The first-order valence-electron chi connectivity index (χ1n) is 13.9. The lowest BCUT2D eigenvalue weighted by Crippen LogP contribution is -2.45. The van der Waals surface area contributed by atoms with Crippen molar-refractivity contribution in [1.29, 1.82) is 0 Å². The molecule has 5 rings (SSSR count). The van der Waals surface area contributed by atoms with Crippen LogP contribution in [0.2, 0.25) is 5.02 Å². The number of ether oxygens (including phenoxy) is 1. The number of anilines is 4. The van der Waals surface area contributed by atoms with E-state index in [4.69, 9.17) is 16.3 Å². The average molecular weight is 621 g/mol. The van der Waals surface area contributed by atoms with E-state index in [2.05, 4.69) is 25.5 Å². The largest absolute Gasteiger partial charge is 0.495 e. The topological polar surface area (TPSA) is 99.7 Å². The molecule has 0 radical (unpaired) electrons. The molecular weight excluding hydrogens is 586 g/mol. The third-order valence-electron chi connectivity index (χ3n) is 7.90. The predicted molar refractivity (Wildman–Crippen MR) is 160 cm³/mol. The number of likely N-dealkylation sites (tertiary alicyclic amines) is 1. The lowest BCUT2D eigenvalue weighted by molar-refractivity contribution is -0.0635. The Kier molecular flexibility index (Phi) is 8.89. The summed E-state index contributed by atoms with van der Waals surface area (Å²) in [7, 11) is 0.802. The Bertz CT molecular complexity index is 1550. The molecule has 0 saturated carbocycles. The molecule has 2 heterocycles. The number of methoxy groups -OCH3 is 1. The summed E-state index contributed by atoms with van der Waals surface area (Å²) in [5.74, 6) is -1.47. The van der Waals surface area contributed by atoms with Crippen molar-refractivity contribution in [1.82, 2.24) is 19.2 Å². The zero-order chi connectivity index (χ0) is 30.1. The zero-order valence-electron chi connectivity index (χ0n) is 23.8. The smallest absolute Gasteiger partial charge is 0.250 e. The minimum absolute atomic E-state index is 0.0858. The van der Waals surface area contributed by atoms with E-state index in [0.29, 0.717) is 30.2 Å². The van der Waals surface area contributed by atoms with Crippen LogP contribution in [-0.4, -0.2) is 73.8 Å². The van der Waals surface area contributed by atoms with Crippen LogP contribution >= 0.6 is 11.6 Å². The van der Waals surface area contributed by atoms with Gasteiger partial charge >= 0.3 is 0 Å². The van der Waals surface area contributed by atoms with Gasteiger partial charge in [0, 0.05) is 46.1 Å². The van der Waals surface area contributed by atoms with Crippen molar-refractivity contribution in [2.24, 2.45) is 0 Å². The van der Waals surface area contributed by atoms with E-state index in [1.165, 1.54) is 31.9 Å². The van der Waals surface area contributed by atoms with Crippen molar-refractivity contribution in [3.63, 3.8) is 0 Å². The first-order chi connectivity index (χ1) is 20.0. The molecule has 1 saturated heterocycles. The summed E-state index contributed by atoms with van der Waals surface area (Å²) in [5.41, 5.74) is 3.32. The highest BCUT2D eigenvalue weighted by Crippen LogP contribution is 2.37. The molecule has 13 heteroatoms. The Morgan fingerprint density at radius 2 is 1.83 bits per heavy atom. The summed E-state index contributed by atoms with van der Waals surface area (Å²) in [5, 5.41) is 6.49. The highest BCUT2D eigenvalue weighted by Gasteiger charge is 2.36. The second-order valence-electron chi connectivity index (χ2n) is 10.9. The molecule has 0 amide bonds. The average Bonchev–Trinajstić information content (AvgIpc) is 3.16. The maximum Gasteiger partial charge on any atom is 0.250 e. The Hall–Kier alpha value is -3.06. The quantitative estimate of drug-likeness (QED) is 0.303. The van der Waals surface area contributed by atoms with E-state index >= 15 is 0 Å². The maximum atomic E-state index is 13.7. The number of fused-ring (bicyclic) bond motifs is 1. The first-order valence-corrected chi connectivity index (χ1v) is 15.7. The van der Waals surface area contributed by atoms with Crippen molar-refractivity contribution in [3.05, 3.63) is 58.7 Å². The van der Waals surface area contributed by atoms with E-state index in [0.717, 1.165) is 35.6 Å². The minimum Gasteiger partial charge on any atom is -0.495 e. The van der Waals surface area contributed by atoms with Gasteiger partial charge in [0.25, 0.3) is 5.92 Å². The number of benzene rings is 2. The van der Waals surface area contributed by atoms with Gasteiger partial charge in [0.1, 0.15) is 15.7 Å². The van der Waals surface area contributed by atoms with E-state index in [9.17, 15) is 17.2 Å². The molecule has 3 aromatic rings. The summed E-state index contributed by atoms with van der Waals surface area (Å²) in [6, 6.07) is 10.8. The van der Waals surface area contributed by atoms with Gasteiger partial charge in [-0.15, -0.1) is 0 Å². The van der Waals surface area contributed by atoms with Crippen LogP contribution in [0, 0.1) is 0 Å². The molecule has 1 aliphatic carbocycles. The molecule has 1 fully saturated rings. The van der Waals surface area contributed by atoms with Crippen LogP contribution < -0.4 is 15.4 Å². The van der Waals surface area contributed by atoms with Crippen molar-refractivity contribution < 1.29 is 21.9 Å². The fourth-order valence-corrected chi connectivity index (χ4v) is 6.70. The molecule has 1 atom stereocenters. The Labute approximate surface area is 250 Å². The third kappa shape index (κ3) is 6.61. The van der Waals surface area contributed by atoms with Crippen LogP contribution in [0.1, 0.15) is 36.8 Å². The third-order valence-corrected chi connectivity index (χ3v) is 10.0. The number of halogens is 3. The van der Waals surface area contributed by atoms with E-state index in [-0.39, 0.29) is 40.6 Å². The number of alkyl halides is 2. The molecule has 42 heavy (non-hydrogen) atoms. The predicted octanol–water partition coefficient (Wildman–Crippen LogP) is 5.85. The lowest BCUT2D eigenvalue weighted by Gasteiger charge is -2.37. The van der Waals surface area contributed by atoms with Crippen molar-refractivity contribution >= 4 is 44.8 Å². The summed E-state index contributed by atoms with van der Waals surface area (Å²) in [6.45, 7) is 0.833. The number of rotatable bonds is 8. The highest BCUT2D eigenvalue weighted by atomic mass is 35.5. The number of piperidine rings is 1. The molecule has 2 N–H and O–H groups in total. The van der Waals surface area contributed by atoms with Gasteiger partial charge in [-0.05, 0) is 61.1 Å². The molecular formula is C29H35ClF2N6O3S. The molecule has 0 spiro atoms. The maximum absolute atomic E-state index is 13.7. The summed E-state index contributed by atoms with van der Waals surface area (Å²) in [4.78, 5) is 11.1. The number of para-hydroxylation sites is 1. The van der Waals surface area contributed by atoms with Gasteiger partial charge in [0.15, 0.2) is 5.82 Å². The molecule has 1 aromatic heterocycles. The van der Waals surface area contributed by atoms with Crippen LogP contribution in [0.15, 0.2) is 47.5 Å². The second-order valence-corrected chi connectivity index (χ2v) is 13.4. The first kappa shape index (κ1) is 30.4. The number of nitrogens with one attached hydrogen (secondary N) is 2. The van der Waals surface area contributed by atoms with Crippen molar-refractivity contribution in [3.8, 4) is 5.75 Å². The molecule has 1 unspecified atom stereocenters. The fourth-order valence-electron chi connectivity index (χ4n) is 5.52. The zero-order valence-corrected chi connectivity index (χ0v) is 25.4. The van der Waals surface area contributed by atoms with Crippen LogP contribution in [0.25, 0.3) is 0 Å². The molecule has 226 valence electrons. The molecule has 9 nitrogen and oxygen atoms in total. The summed E-state index contributed by atoms with van der Waals surface area (Å²) >= 11 is 6.40. The number of hydrogen-bond acceptors (Lipinski definition) is 8. The van der Waals surface area contributed by atoms with Crippen LogP contribution in [0.5, 0.6) is 5.75 Å². The molecule has 0 bridgehead atoms. The van der Waals surface area contributed by atoms with Crippen molar-refractivity contribution in [2.75, 3.05) is 44.9 Å². The van der Waals surface area contributed by atoms with Gasteiger partial charge in [-0.2, -0.15) is 4.98 Å². The Morgan fingerprint density at radius 1 is 1.10 bits per heavy atom. The number of nitrogens with zero attached hydrogens (tertiary/aromatic N) is 4. The summed E-state index contributed by atoms with van der Waals surface area (Å²) in [6.07, 6.45) is 4.81. The Morgan fingerprint density at radius 3 is 2.55 bits per heavy atom. The standard InChI is InChI=1S/C29H35ClF2N6O3S/c1-37(2)42(39,40)26-10-5-4-9-23(26)34-27-22(30)18-33-28(36-27)35-24-16-19-7-6-8-21(15-20(19)17-25(24)41-3)38-13-11-29(31,32)12-14-38/h4-5,9-10,16-18,21H,6-8,11-15H2,1-3H3,(H2,33,34,35,36). The lowest BCUT2D eigenvalue weighted by atomic mass is 9.97. The van der Waals surface area contributed by atoms with Crippen LogP contribution in [-0.2, 0) is 22.9 Å². The van der Waals surface area contributed by atoms with Crippen LogP contribution in [0.4, 0.5) is 31.9 Å². The van der Waals surface area contributed by atoms with Crippen LogP contribution in [0.3, 0.4) is 0 Å². The Balaban J connectivity index is 1.38. The number of aryl methyl sites for hydroxylation is 1. The van der Waals surface area contributed by atoms with E-state index in [1.54, 1.807) is 25.3 Å². The van der Waals surface area contributed by atoms with Gasteiger partial charge in [0.2, 0.25) is 16.0 Å². The number of aromatic nitrogens is 2. The molecule has 1 aliphatic heterocycles. The van der Waals surface area contributed by atoms with Gasteiger partial charge < -0.3 is 15.4 Å². The van der Waals surface area contributed by atoms with Crippen molar-refractivity contribution in [2.45, 2.75) is 55.4 Å². The van der Waals surface area contributed by atoms with Gasteiger partial charge in [-0.25, -0.2) is 26.5 Å². The SMILES string of the molecule is COc1cc2c(cc1Nc1ncc(Cl)c(Nc3ccccc3S(=O)(=O)N(C)C)n1)CCCC(N1CCC(F)(F)CC1)C2. The van der Waals surface area contributed by atoms with Gasteiger partial charge in [-0.3, -0.25) is 4.90 Å². The normalized spacial score (nSPS) is 19.2. The number of hydrogen-bond donors (Lipinski definition) is 2. The highest BCUT2D eigenvalue weighted by molar-refractivity contribution is 7.89. The van der Waals surface area contributed by atoms with Gasteiger partial charge in [0.05, 0.1) is 24.7 Å². The fraction of sp³-hybridized carbons (Fsp3) is 0.448. The summed E-state index contributed by atoms with van der Waals surface area (Å²) < 4.78 is 60.0.